The molecular formula is C15H15N3O2. The lowest BCUT2D eigenvalue weighted by atomic mass is 10.2. The molecule has 3 rings (SSSR count). The number of aromatic nitrogens is 2. The highest BCUT2D eigenvalue weighted by molar-refractivity contribution is 5.89. The minimum absolute atomic E-state index is 0.658. The van der Waals surface area contributed by atoms with Gasteiger partial charge >= 0.3 is 0 Å². The van der Waals surface area contributed by atoms with Crippen LogP contribution >= 0.6 is 0 Å². The molecule has 0 radical (unpaired) electrons. The van der Waals surface area contributed by atoms with Crippen LogP contribution in [-0.2, 0) is 0 Å². The molecule has 1 heterocycles. The average molecular weight is 269 g/mol. The minimum Gasteiger partial charge on any atom is -0.493 e. The number of para-hydroxylation sites is 1. The van der Waals surface area contributed by atoms with Gasteiger partial charge in [-0.3, -0.25) is 0 Å². The molecule has 0 bridgehead atoms. The third kappa shape index (κ3) is 1.93. The number of ether oxygens (including phenoxy) is 2. The zero-order valence-corrected chi connectivity index (χ0v) is 11.3. The molecule has 3 N–H and O–H groups in total. The topological polar surface area (TPSA) is 73.2 Å². The number of fused-ring (bicyclic) bond motifs is 1. The first-order valence-electron chi connectivity index (χ1n) is 6.19. The molecule has 0 atom stereocenters. The first kappa shape index (κ1) is 12.3. The predicted molar refractivity (Wildman–Crippen MR) is 79.0 cm³/mol. The number of anilines is 1. The van der Waals surface area contributed by atoms with Gasteiger partial charge in [0, 0.05) is 5.56 Å². The monoisotopic (exact) mass is 269 g/mol. The van der Waals surface area contributed by atoms with E-state index in [9.17, 15) is 0 Å². The molecule has 0 aliphatic rings. The SMILES string of the molecule is COc1ccc(-c2nc3c(N)cccc3[nH]2)cc1OC. The number of H-pyrrole nitrogens is 1. The molecule has 0 aliphatic carbocycles. The molecule has 3 aromatic rings. The van der Waals surface area contributed by atoms with Gasteiger partial charge in [-0.15, -0.1) is 0 Å². The normalized spacial score (nSPS) is 10.7. The van der Waals surface area contributed by atoms with Crippen LogP contribution in [0.15, 0.2) is 36.4 Å². The van der Waals surface area contributed by atoms with Crippen LogP contribution in [0.1, 0.15) is 0 Å². The van der Waals surface area contributed by atoms with Crippen LogP contribution in [-0.4, -0.2) is 24.2 Å². The van der Waals surface area contributed by atoms with E-state index >= 15 is 0 Å². The maximum atomic E-state index is 5.92. The molecule has 0 fully saturated rings. The lowest BCUT2D eigenvalue weighted by Crippen LogP contribution is -1.91. The van der Waals surface area contributed by atoms with Crippen molar-refractivity contribution in [3.63, 3.8) is 0 Å². The van der Waals surface area contributed by atoms with E-state index in [0.29, 0.717) is 17.2 Å². The molecule has 102 valence electrons. The van der Waals surface area contributed by atoms with Crippen molar-refractivity contribution < 1.29 is 9.47 Å². The van der Waals surface area contributed by atoms with Crippen LogP contribution in [0.3, 0.4) is 0 Å². The number of imidazole rings is 1. The fraction of sp³-hybridized carbons (Fsp3) is 0.133. The summed E-state index contributed by atoms with van der Waals surface area (Å²) in [6, 6.07) is 11.3. The van der Waals surface area contributed by atoms with Crippen molar-refractivity contribution in [1.29, 1.82) is 0 Å². The predicted octanol–water partition coefficient (Wildman–Crippen LogP) is 2.83. The van der Waals surface area contributed by atoms with Crippen molar-refractivity contribution in [2.75, 3.05) is 20.0 Å². The third-order valence-corrected chi connectivity index (χ3v) is 3.20. The molecule has 5 heteroatoms. The number of nitrogen functional groups attached to an aromatic ring is 1. The first-order chi connectivity index (χ1) is 9.72. The van der Waals surface area contributed by atoms with Crippen molar-refractivity contribution >= 4 is 16.7 Å². The van der Waals surface area contributed by atoms with Crippen LogP contribution in [0.25, 0.3) is 22.4 Å². The molecule has 0 saturated heterocycles. The smallest absolute Gasteiger partial charge is 0.161 e. The minimum atomic E-state index is 0.658. The van der Waals surface area contributed by atoms with E-state index in [1.807, 2.05) is 36.4 Å². The van der Waals surface area contributed by atoms with Crippen molar-refractivity contribution in [3.8, 4) is 22.9 Å². The van der Waals surface area contributed by atoms with Gasteiger partial charge in [0.1, 0.15) is 11.3 Å². The van der Waals surface area contributed by atoms with Gasteiger partial charge in [-0.05, 0) is 30.3 Å². The van der Waals surface area contributed by atoms with Crippen LogP contribution < -0.4 is 15.2 Å². The summed E-state index contributed by atoms with van der Waals surface area (Å²) in [6.07, 6.45) is 0. The summed E-state index contributed by atoms with van der Waals surface area (Å²) in [4.78, 5) is 7.79. The Hall–Kier alpha value is -2.69. The van der Waals surface area contributed by atoms with Gasteiger partial charge in [0.05, 0.1) is 25.4 Å². The Balaban J connectivity index is 2.13. The largest absolute Gasteiger partial charge is 0.493 e. The molecule has 0 aliphatic heterocycles. The van der Waals surface area contributed by atoms with Crippen molar-refractivity contribution in [1.82, 2.24) is 9.97 Å². The summed E-state index contributed by atoms with van der Waals surface area (Å²) in [5.74, 6) is 2.10. The van der Waals surface area contributed by atoms with E-state index < -0.39 is 0 Å². The number of benzene rings is 2. The Morgan fingerprint density at radius 3 is 2.55 bits per heavy atom. The Morgan fingerprint density at radius 2 is 1.85 bits per heavy atom. The number of methoxy groups -OCH3 is 2. The highest BCUT2D eigenvalue weighted by Gasteiger charge is 2.10. The second kappa shape index (κ2) is 4.77. The van der Waals surface area contributed by atoms with Gasteiger partial charge in [0.2, 0.25) is 0 Å². The van der Waals surface area contributed by atoms with Gasteiger partial charge in [-0.2, -0.15) is 0 Å². The molecule has 0 spiro atoms. The number of hydrogen-bond donors (Lipinski definition) is 2. The molecule has 5 nitrogen and oxygen atoms in total. The Morgan fingerprint density at radius 1 is 1.05 bits per heavy atom. The highest BCUT2D eigenvalue weighted by atomic mass is 16.5. The van der Waals surface area contributed by atoms with Gasteiger partial charge in [0.25, 0.3) is 0 Å². The van der Waals surface area contributed by atoms with Crippen molar-refractivity contribution in [2.24, 2.45) is 0 Å². The molecular weight excluding hydrogens is 254 g/mol. The maximum absolute atomic E-state index is 5.92. The molecule has 0 unspecified atom stereocenters. The number of nitrogens with zero attached hydrogens (tertiary/aromatic N) is 1. The van der Waals surface area contributed by atoms with E-state index in [4.69, 9.17) is 15.2 Å². The van der Waals surface area contributed by atoms with Gasteiger partial charge in [-0.25, -0.2) is 4.98 Å². The second-order valence-electron chi connectivity index (χ2n) is 4.40. The Kier molecular flexibility index (Phi) is 2.95. The lowest BCUT2D eigenvalue weighted by Gasteiger charge is -2.08. The molecule has 0 amide bonds. The summed E-state index contributed by atoms with van der Waals surface area (Å²) >= 11 is 0. The Bertz CT molecular complexity index is 765. The molecule has 20 heavy (non-hydrogen) atoms. The third-order valence-electron chi connectivity index (χ3n) is 3.20. The van der Waals surface area contributed by atoms with E-state index in [1.54, 1.807) is 14.2 Å². The zero-order valence-electron chi connectivity index (χ0n) is 11.3. The van der Waals surface area contributed by atoms with E-state index in [-0.39, 0.29) is 0 Å². The summed E-state index contributed by atoms with van der Waals surface area (Å²) in [5, 5.41) is 0. The van der Waals surface area contributed by atoms with Crippen LogP contribution in [0.2, 0.25) is 0 Å². The van der Waals surface area contributed by atoms with Crippen LogP contribution in [0, 0.1) is 0 Å². The summed E-state index contributed by atoms with van der Waals surface area (Å²) in [6.45, 7) is 0. The fourth-order valence-electron chi connectivity index (χ4n) is 2.17. The second-order valence-corrected chi connectivity index (χ2v) is 4.40. The highest BCUT2D eigenvalue weighted by Crippen LogP contribution is 2.32. The first-order valence-corrected chi connectivity index (χ1v) is 6.19. The number of rotatable bonds is 3. The van der Waals surface area contributed by atoms with Crippen LogP contribution in [0.5, 0.6) is 11.5 Å². The van der Waals surface area contributed by atoms with Gasteiger partial charge in [0.15, 0.2) is 11.5 Å². The van der Waals surface area contributed by atoms with E-state index in [1.165, 1.54) is 0 Å². The van der Waals surface area contributed by atoms with Crippen molar-refractivity contribution in [2.45, 2.75) is 0 Å². The standard InChI is InChI=1S/C15H15N3O2/c1-19-12-7-6-9(8-13(12)20-2)15-17-11-5-3-4-10(16)14(11)18-15/h3-8H,16H2,1-2H3,(H,17,18). The molecule has 2 aromatic carbocycles. The molecule has 0 saturated carbocycles. The zero-order chi connectivity index (χ0) is 14.1. The number of aromatic amines is 1. The van der Waals surface area contributed by atoms with Crippen molar-refractivity contribution in [3.05, 3.63) is 36.4 Å². The number of hydrogen-bond acceptors (Lipinski definition) is 4. The summed E-state index contributed by atoms with van der Waals surface area (Å²) in [5.41, 5.74) is 9.18. The number of nitrogens with two attached hydrogens (primary N) is 1. The average Bonchev–Trinajstić information content (AvgIpc) is 2.92. The van der Waals surface area contributed by atoms with Gasteiger partial charge in [-0.1, -0.05) is 6.07 Å². The summed E-state index contributed by atoms with van der Waals surface area (Å²) < 4.78 is 10.5. The van der Waals surface area contributed by atoms with E-state index in [2.05, 4.69) is 9.97 Å². The maximum Gasteiger partial charge on any atom is 0.161 e. The quantitative estimate of drug-likeness (QED) is 0.717. The Labute approximate surface area is 116 Å². The lowest BCUT2D eigenvalue weighted by molar-refractivity contribution is 0.355. The van der Waals surface area contributed by atoms with Gasteiger partial charge < -0.3 is 20.2 Å². The molecule has 1 aromatic heterocycles. The van der Waals surface area contributed by atoms with Crippen LogP contribution in [0.4, 0.5) is 5.69 Å². The van der Waals surface area contributed by atoms with E-state index in [0.717, 1.165) is 22.4 Å². The number of nitrogens with one attached hydrogen (secondary N) is 1. The fourth-order valence-corrected chi connectivity index (χ4v) is 2.17. The summed E-state index contributed by atoms with van der Waals surface area (Å²) in [7, 11) is 3.22.